The third kappa shape index (κ3) is 3.91. The zero-order chi connectivity index (χ0) is 15.5. The highest BCUT2D eigenvalue weighted by Crippen LogP contribution is 2.48. The number of hydrogen-bond donors (Lipinski definition) is 0. The van der Waals surface area contributed by atoms with E-state index >= 15 is 0 Å². The van der Waals surface area contributed by atoms with Gasteiger partial charge in [-0.15, -0.1) is 11.6 Å². The summed E-state index contributed by atoms with van der Waals surface area (Å²) < 4.78 is 10.8. The fourth-order valence-electron chi connectivity index (χ4n) is 3.73. The second kappa shape index (κ2) is 6.99. The SMILES string of the molecule is C[C@@H]1C[C@@]2(C)C[C@H](C(=O)O2)[C@@H]1C(=O)OCCCCCCCl. The molecule has 1 aliphatic heterocycles. The van der Waals surface area contributed by atoms with Gasteiger partial charge < -0.3 is 9.47 Å². The van der Waals surface area contributed by atoms with Gasteiger partial charge in [-0.25, -0.2) is 0 Å². The van der Waals surface area contributed by atoms with Crippen LogP contribution in [0, 0.1) is 17.8 Å². The second-order valence-corrected chi connectivity index (χ2v) is 7.04. The third-order valence-corrected chi connectivity index (χ3v) is 4.91. The summed E-state index contributed by atoms with van der Waals surface area (Å²) in [5.41, 5.74) is -0.375. The number of carbonyl (C=O) groups is 2. The molecule has 0 aromatic carbocycles. The molecule has 21 heavy (non-hydrogen) atoms. The molecule has 2 aliphatic rings. The van der Waals surface area contributed by atoms with Crippen molar-refractivity contribution in [2.45, 2.75) is 58.0 Å². The van der Waals surface area contributed by atoms with Crippen molar-refractivity contribution in [3.05, 3.63) is 0 Å². The molecular formula is C16H25ClO4. The second-order valence-electron chi connectivity index (χ2n) is 6.66. The Morgan fingerprint density at radius 2 is 2.05 bits per heavy atom. The molecule has 1 saturated carbocycles. The minimum atomic E-state index is -0.375. The van der Waals surface area contributed by atoms with E-state index in [1.165, 1.54) is 0 Å². The molecule has 1 aliphatic carbocycles. The van der Waals surface area contributed by atoms with Crippen LogP contribution in [0.2, 0.25) is 0 Å². The molecule has 0 amide bonds. The first-order valence-electron chi connectivity index (χ1n) is 7.92. The first-order chi connectivity index (χ1) is 9.97. The van der Waals surface area contributed by atoms with Gasteiger partial charge in [-0.3, -0.25) is 9.59 Å². The lowest BCUT2D eigenvalue weighted by molar-refractivity contribution is -0.157. The molecule has 0 unspecified atom stereocenters. The Morgan fingerprint density at radius 3 is 2.76 bits per heavy atom. The van der Waals surface area contributed by atoms with Gasteiger partial charge >= 0.3 is 11.9 Å². The van der Waals surface area contributed by atoms with E-state index in [0.29, 0.717) is 18.9 Å². The Hall–Kier alpha value is -0.770. The highest BCUT2D eigenvalue weighted by Gasteiger charge is 2.56. The Balaban J connectivity index is 1.80. The largest absolute Gasteiger partial charge is 0.465 e. The van der Waals surface area contributed by atoms with Gasteiger partial charge in [0, 0.05) is 12.3 Å². The topological polar surface area (TPSA) is 52.6 Å². The molecule has 1 heterocycles. The van der Waals surface area contributed by atoms with Gasteiger partial charge in [0.1, 0.15) is 5.60 Å². The lowest BCUT2D eigenvalue weighted by Crippen LogP contribution is -2.40. The fourth-order valence-corrected chi connectivity index (χ4v) is 3.92. The highest BCUT2D eigenvalue weighted by atomic mass is 35.5. The van der Waals surface area contributed by atoms with Gasteiger partial charge in [0.25, 0.3) is 0 Å². The molecule has 0 aromatic heterocycles. The zero-order valence-corrected chi connectivity index (χ0v) is 13.7. The first-order valence-corrected chi connectivity index (χ1v) is 8.46. The number of ether oxygens (including phenoxy) is 2. The lowest BCUT2D eigenvalue weighted by Gasteiger charge is -2.34. The Morgan fingerprint density at radius 1 is 1.33 bits per heavy atom. The quantitative estimate of drug-likeness (QED) is 0.411. The van der Waals surface area contributed by atoms with Gasteiger partial charge in [0.15, 0.2) is 0 Å². The van der Waals surface area contributed by atoms with E-state index in [2.05, 4.69) is 0 Å². The van der Waals surface area contributed by atoms with Crippen molar-refractivity contribution in [2.75, 3.05) is 12.5 Å². The van der Waals surface area contributed by atoms with Crippen molar-refractivity contribution in [1.29, 1.82) is 0 Å². The van der Waals surface area contributed by atoms with Crippen LogP contribution in [0.3, 0.4) is 0 Å². The van der Waals surface area contributed by atoms with Crippen LogP contribution in [0.5, 0.6) is 0 Å². The van der Waals surface area contributed by atoms with E-state index in [0.717, 1.165) is 32.1 Å². The predicted molar refractivity (Wildman–Crippen MR) is 80.0 cm³/mol. The van der Waals surface area contributed by atoms with Gasteiger partial charge in [0.05, 0.1) is 18.4 Å². The van der Waals surface area contributed by atoms with E-state index in [1.807, 2.05) is 13.8 Å². The molecule has 120 valence electrons. The number of esters is 2. The smallest absolute Gasteiger partial charge is 0.310 e. The van der Waals surface area contributed by atoms with Crippen LogP contribution in [0.1, 0.15) is 52.4 Å². The van der Waals surface area contributed by atoms with Crippen molar-refractivity contribution >= 4 is 23.5 Å². The Labute approximate surface area is 131 Å². The number of rotatable bonds is 7. The summed E-state index contributed by atoms with van der Waals surface area (Å²) >= 11 is 5.61. The van der Waals surface area contributed by atoms with Gasteiger partial charge in [-0.1, -0.05) is 19.8 Å². The Bertz CT molecular complexity index is 398. The van der Waals surface area contributed by atoms with E-state index in [9.17, 15) is 9.59 Å². The van der Waals surface area contributed by atoms with Crippen LogP contribution in [0.25, 0.3) is 0 Å². The summed E-state index contributed by atoms with van der Waals surface area (Å²) in [5, 5.41) is 0. The van der Waals surface area contributed by atoms with Crippen molar-refractivity contribution in [2.24, 2.45) is 17.8 Å². The number of fused-ring (bicyclic) bond motifs is 2. The standard InChI is InChI=1S/C16H25ClO4/c1-11-9-16(2)10-12(14(18)21-16)13(11)15(19)20-8-6-4-3-5-7-17/h11-13H,3-10H2,1-2H3/t11-,12+,13-,16+/m1/s1. The summed E-state index contributed by atoms with van der Waals surface area (Å²) in [4.78, 5) is 24.2. The number of hydrogen-bond acceptors (Lipinski definition) is 4. The zero-order valence-electron chi connectivity index (χ0n) is 12.9. The third-order valence-electron chi connectivity index (χ3n) is 4.65. The fraction of sp³-hybridized carbons (Fsp3) is 0.875. The van der Waals surface area contributed by atoms with Crippen LogP contribution in [-0.2, 0) is 19.1 Å². The Kier molecular flexibility index (Phi) is 5.53. The van der Waals surface area contributed by atoms with E-state index in [-0.39, 0.29) is 35.3 Å². The van der Waals surface area contributed by atoms with Crippen LogP contribution in [0.4, 0.5) is 0 Å². The molecule has 0 radical (unpaired) electrons. The minimum absolute atomic E-state index is 0.129. The number of carbonyl (C=O) groups excluding carboxylic acids is 2. The molecule has 2 fully saturated rings. The van der Waals surface area contributed by atoms with Crippen LogP contribution < -0.4 is 0 Å². The number of unbranched alkanes of at least 4 members (excludes halogenated alkanes) is 3. The summed E-state index contributed by atoms with van der Waals surface area (Å²) in [7, 11) is 0. The molecule has 5 heteroatoms. The van der Waals surface area contributed by atoms with Gasteiger partial charge in [0.2, 0.25) is 0 Å². The lowest BCUT2D eigenvalue weighted by atomic mass is 9.69. The average molecular weight is 317 g/mol. The van der Waals surface area contributed by atoms with Crippen LogP contribution in [0.15, 0.2) is 0 Å². The van der Waals surface area contributed by atoms with Crippen LogP contribution >= 0.6 is 11.6 Å². The summed E-state index contributed by atoms with van der Waals surface area (Å²) in [6.45, 7) is 4.40. The number of alkyl halides is 1. The average Bonchev–Trinajstić information content (AvgIpc) is 2.64. The maximum atomic E-state index is 12.3. The van der Waals surface area contributed by atoms with Crippen LogP contribution in [-0.4, -0.2) is 30.0 Å². The molecule has 1 saturated heterocycles. The predicted octanol–water partition coefficient (Wildman–Crippen LogP) is 3.31. The van der Waals surface area contributed by atoms with Crippen molar-refractivity contribution in [3.8, 4) is 0 Å². The molecular weight excluding hydrogens is 292 g/mol. The summed E-state index contributed by atoms with van der Waals surface area (Å²) in [6, 6.07) is 0. The van der Waals surface area contributed by atoms with E-state index < -0.39 is 0 Å². The summed E-state index contributed by atoms with van der Waals surface area (Å²) in [6.07, 6.45) is 5.33. The molecule has 0 aromatic rings. The van der Waals surface area contributed by atoms with Crippen molar-refractivity contribution < 1.29 is 19.1 Å². The van der Waals surface area contributed by atoms with E-state index in [1.54, 1.807) is 0 Å². The maximum absolute atomic E-state index is 12.3. The van der Waals surface area contributed by atoms with Crippen molar-refractivity contribution in [1.82, 2.24) is 0 Å². The molecule has 2 bridgehead atoms. The van der Waals surface area contributed by atoms with Crippen molar-refractivity contribution in [3.63, 3.8) is 0 Å². The minimum Gasteiger partial charge on any atom is -0.465 e. The molecule has 0 spiro atoms. The van der Waals surface area contributed by atoms with E-state index in [4.69, 9.17) is 21.1 Å². The molecule has 4 nitrogen and oxygen atoms in total. The summed E-state index contributed by atoms with van der Waals surface area (Å²) in [5.74, 6) is -0.305. The molecule has 4 atom stereocenters. The van der Waals surface area contributed by atoms with Gasteiger partial charge in [-0.05, 0) is 32.1 Å². The maximum Gasteiger partial charge on any atom is 0.310 e. The highest BCUT2D eigenvalue weighted by molar-refractivity contribution is 6.17. The normalized spacial score (nSPS) is 34.6. The van der Waals surface area contributed by atoms with Gasteiger partial charge in [-0.2, -0.15) is 0 Å². The first kappa shape index (κ1) is 16.6. The monoisotopic (exact) mass is 316 g/mol. The molecule has 2 rings (SSSR count). The number of halogens is 1. The molecule has 0 N–H and O–H groups in total.